The summed E-state index contributed by atoms with van der Waals surface area (Å²) in [4.78, 5) is 0. The van der Waals surface area contributed by atoms with E-state index in [0.29, 0.717) is 10.9 Å². The van der Waals surface area contributed by atoms with Crippen molar-refractivity contribution in [1.82, 2.24) is 0 Å². The van der Waals surface area contributed by atoms with Gasteiger partial charge < -0.3 is 5.11 Å². The maximum atomic E-state index is 9.76. The highest BCUT2D eigenvalue weighted by Crippen LogP contribution is 2.23. The molecule has 1 atom stereocenters. The van der Waals surface area contributed by atoms with Crippen LogP contribution in [0, 0.1) is 5.92 Å². The Hall–Kier alpha value is -0.530. The van der Waals surface area contributed by atoms with Crippen LogP contribution in [0.15, 0.2) is 24.3 Å². The van der Waals surface area contributed by atoms with Gasteiger partial charge in [0, 0.05) is 5.02 Å². The highest BCUT2D eigenvalue weighted by molar-refractivity contribution is 6.30. The van der Waals surface area contributed by atoms with E-state index in [2.05, 4.69) is 13.8 Å². The van der Waals surface area contributed by atoms with Gasteiger partial charge >= 0.3 is 0 Å². The molecule has 0 radical (unpaired) electrons. The van der Waals surface area contributed by atoms with Crippen molar-refractivity contribution in [1.29, 1.82) is 0 Å². The van der Waals surface area contributed by atoms with Gasteiger partial charge in [0.25, 0.3) is 0 Å². The van der Waals surface area contributed by atoms with Crippen LogP contribution >= 0.6 is 11.6 Å². The average Bonchev–Trinajstić information content (AvgIpc) is 2.03. The number of hydrogen-bond acceptors (Lipinski definition) is 1. The topological polar surface area (TPSA) is 20.2 Å². The molecule has 0 saturated carbocycles. The summed E-state index contributed by atoms with van der Waals surface area (Å²) in [6.07, 6.45) is 0.388. The third-order valence-electron chi connectivity index (χ3n) is 1.93. The summed E-state index contributed by atoms with van der Waals surface area (Å²) in [5.41, 5.74) is 0.904. The fourth-order valence-corrected chi connectivity index (χ4v) is 1.50. The first-order valence-electron chi connectivity index (χ1n) is 4.53. The normalized spacial score (nSPS) is 13.3. The van der Waals surface area contributed by atoms with E-state index < -0.39 is 6.10 Å². The van der Waals surface area contributed by atoms with Crippen molar-refractivity contribution in [2.75, 3.05) is 0 Å². The first-order chi connectivity index (χ1) is 6.09. The van der Waals surface area contributed by atoms with E-state index >= 15 is 0 Å². The van der Waals surface area contributed by atoms with Crippen molar-refractivity contribution < 1.29 is 5.11 Å². The molecule has 0 aliphatic carbocycles. The Bertz CT molecular complexity index is 271. The molecule has 13 heavy (non-hydrogen) atoms. The van der Waals surface area contributed by atoms with E-state index in [9.17, 15) is 5.11 Å². The molecule has 1 N–H and O–H groups in total. The van der Waals surface area contributed by atoms with Crippen molar-refractivity contribution >= 4 is 11.6 Å². The number of halogens is 1. The van der Waals surface area contributed by atoms with Gasteiger partial charge in [-0.2, -0.15) is 0 Å². The minimum absolute atomic E-state index is 0.390. The second kappa shape index (κ2) is 4.64. The predicted molar refractivity (Wildman–Crippen MR) is 55.9 cm³/mol. The molecule has 0 aliphatic heterocycles. The summed E-state index contributed by atoms with van der Waals surface area (Å²) >= 11 is 5.81. The molecule has 0 aromatic heterocycles. The minimum atomic E-state index is -0.390. The second-order valence-electron chi connectivity index (χ2n) is 3.70. The molecule has 0 bridgehead atoms. The van der Waals surface area contributed by atoms with Crippen molar-refractivity contribution in [2.45, 2.75) is 26.4 Å². The lowest BCUT2D eigenvalue weighted by Gasteiger charge is -2.13. The summed E-state index contributed by atoms with van der Waals surface area (Å²) in [5, 5.41) is 10.4. The van der Waals surface area contributed by atoms with Gasteiger partial charge in [-0.05, 0) is 30.0 Å². The smallest absolute Gasteiger partial charge is 0.0793 e. The Morgan fingerprint density at radius 2 is 2.08 bits per heavy atom. The predicted octanol–water partition coefficient (Wildman–Crippen LogP) is 3.42. The first-order valence-corrected chi connectivity index (χ1v) is 4.91. The van der Waals surface area contributed by atoms with Crippen molar-refractivity contribution in [3.05, 3.63) is 34.9 Å². The molecule has 1 rings (SSSR count). The van der Waals surface area contributed by atoms with Gasteiger partial charge in [0.05, 0.1) is 6.10 Å². The van der Waals surface area contributed by atoms with Crippen LogP contribution in [0.25, 0.3) is 0 Å². The Balaban J connectivity index is 2.71. The highest BCUT2D eigenvalue weighted by atomic mass is 35.5. The summed E-state index contributed by atoms with van der Waals surface area (Å²) in [5.74, 6) is 0.494. The van der Waals surface area contributed by atoms with Crippen LogP contribution in [-0.2, 0) is 0 Å². The van der Waals surface area contributed by atoms with Gasteiger partial charge in [-0.15, -0.1) is 0 Å². The summed E-state index contributed by atoms with van der Waals surface area (Å²) in [6, 6.07) is 7.39. The standard InChI is InChI=1S/C11H15ClO/c1-8(2)6-11(13)9-4-3-5-10(12)7-9/h3-5,7-8,11,13H,6H2,1-2H3/t11-/m0/s1. The largest absolute Gasteiger partial charge is 0.388 e. The Kier molecular flexibility index (Phi) is 3.76. The van der Waals surface area contributed by atoms with Crippen LogP contribution < -0.4 is 0 Å². The van der Waals surface area contributed by atoms with Gasteiger partial charge in [-0.1, -0.05) is 37.6 Å². The second-order valence-corrected chi connectivity index (χ2v) is 4.14. The molecular weight excluding hydrogens is 184 g/mol. The van der Waals surface area contributed by atoms with Crippen LogP contribution in [-0.4, -0.2) is 5.11 Å². The number of hydrogen-bond donors (Lipinski definition) is 1. The Morgan fingerprint density at radius 1 is 1.38 bits per heavy atom. The summed E-state index contributed by atoms with van der Waals surface area (Å²) in [6.45, 7) is 4.18. The van der Waals surface area contributed by atoms with E-state index in [1.54, 1.807) is 0 Å². The van der Waals surface area contributed by atoms with Gasteiger partial charge in [0.2, 0.25) is 0 Å². The molecule has 0 saturated heterocycles. The maximum absolute atomic E-state index is 9.76. The number of aliphatic hydroxyl groups is 1. The number of rotatable bonds is 3. The lowest BCUT2D eigenvalue weighted by molar-refractivity contribution is 0.151. The molecule has 1 aromatic carbocycles. The van der Waals surface area contributed by atoms with E-state index in [-0.39, 0.29) is 0 Å². The lowest BCUT2D eigenvalue weighted by Crippen LogP contribution is -2.01. The molecule has 0 heterocycles. The van der Waals surface area contributed by atoms with E-state index in [0.717, 1.165) is 12.0 Å². The third-order valence-corrected chi connectivity index (χ3v) is 2.16. The van der Waals surface area contributed by atoms with Gasteiger partial charge in [-0.25, -0.2) is 0 Å². The van der Waals surface area contributed by atoms with Crippen LogP contribution in [0.1, 0.15) is 31.9 Å². The molecular formula is C11H15ClO. The van der Waals surface area contributed by atoms with Crippen molar-refractivity contribution in [3.8, 4) is 0 Å². The van der Waals surface area contributed by atoms with Crippen molar-refractivity contribution in [2.24, 2.45) is 5.92 Å². The fourth-order valence-electron chi connectivity index (χ4n) is 1.30. The molecule has 2 heteroatoms. The molecule has 1 aromatic rings. The van der Waals surface area contributed by atoms with Gasteiger partial charge in [-0.3, -0.25) is 0 Å². The molecule has 1 nitrogen and oxygen atoms in total. The fraction of sp³-hybridized carbons (Fsp3) is 0.455. The summed E-state index contributed by atoms with van der Waals surface area (Å²) in [7, 11) is 0. The Labute approximate surface area is 84.4 Å². The van der Waals surface area contributed by atoms with Gasteiger partial charge in [0.1, 0.15) is 0 Å². The summed E-state index contributed by atoms with van der Waals surface area (Å²) < 4.78 is 0. The molecule has 0 spiro atoms. The van der Waals surface area contributed by atoms with E-state index in [1.165, 1.54) is 0 Å². The average molecular weight is 199 g/mol. The zero-order valence-electron chi connectivity index (χ0n) is 8.00. The zero-order valence-corrected chi connectivity index (χ0v) is 8.75. The first kappa shape index (κ1) is 10.6. The van der Waals surface area contributed by atoms with Crippen molar-refractivity contribution in [3.63, 3.8) is 0 Å². The van der Waals surface area contributed by atoms with E-state index in [4.69, 9.17) is 11.6 Å². The highest BCUT2D eigenvalue weighted by Gasteiger charge is 2.09. The molecule has 0 fully saturated rings. The van der Waals surface area contributed by atoms with E-state index in [1.807, 2.05) is 24.3 Å². The Morgan fingerprint density at radius 3 is 2.62 bits per heavy atom. The monoisotopic (exact) mass is 198 g/mol. The van der Waals surface area contributed by atoms with Crippen LogP contribution in [0.3, 0.4) is 0 Å². The van der Waals surface area contributed by atoms with Crippen LogP contribution in [0.4, 0.5) is 0 Å². The molecule has 0 amide bonds. The number of benzene rings is 1. The minimum Gasteiger partial charge on any atom is -0.388 e. The molecule has 72 valence electrons. The van der Waals surface area contributed by atoms with Crippen LogP contribution in [0.2, 0.25) is 5.02 Å². The zero-order chi connectivity index (χ0) is 9.84. The molecule has 0 aliphatic rings. The lowest BCUT2D eigenvalue weighted by atomic mass is 10.00. The number of aliphatic hydroxyl groups excluding tert-OH is 1. The van der Waals surface area contributed by atoms with Gasteiger partial charge in [0.15, 0.2) is 0 Å². The quantitative estimate of drug-likeness (QED) is 0.789. The maximum Gasteiger partial charge on any atom is 0.0793 e. The molecule has 0 unspecified atom stereocenters. The SMILES string of the molecule is CC(C)C[C@H](O)c1cccc(Cl)c1. The van der Waals surface area contributed by atoms with Crippen LogP contribution in [0.5, 0.6) is 0 Å². The third kappa shape index (κ3) is 3.37.